The molecular weight excluding hydrogens is 408 g/mol. The Balaban J connectivity index is 1.34. The highest BCUT2D eigenvalue weighted by Crippen LogP contribution is 2.66. The van der Waals surface area contributed by atoms with Gasteiger partial charge in [-0.25, -0.2) is 0 Å². The predicted molar refractivity (Wildman–Crippen MR) is 136 cm³/mol. The van der Waals surface area contributed by atoms with E-state index in [9.17, 15) is 0 Å². The van der Waals surface area contributed by atoms with Gasteiger partial charge in [0, 0.05) is 0 Å². The van der Waals surface area contributed by atoms with Gasteiger partial charge in [0.25, 0.3) is 0 Å². The topological polar surface area (TPSA) is 38.7 Å². The largest absolute Gasteiger partial charge is 0.394 e. The third-order valence-corrected chi connectivity index (χ3v) is 10.7. The Hall–Kier alpha value is -0.380. The first-order valence-electron chi connectivity index (χ1n) is 14.4. The number of fused-ring (bicyclic) bond motifs is 5. The van der Waals surface area contributed by atoms with E-state index in [1.807, 2.05) is 0 Å². The first-order chi connectivity index (χ1) is 15.9. The molecule has 4 rings (SSSR count). The number of rotatable bonds is 11. The molecule has 4 aliphatic rings. The first-order valence-corrected chi connectivity index (χ1v) is 14.4. The van der Waals surface area contributed by atoms with E-state index in [0.717, 1.165) is 36.0 Å². The molecule has 0 aliphatic heterocycles. The van der Waals surface area contributed by atoms with Gasteiger partial charge in [0.15, 0.2) is 0 Å². The normalized spacial score (nSPS) is 40.3. The van der Waals surface area contributed by atoms with Crippen molar-refractivity contribution in [1.82, 2.24) is 0 Å². The number of aliphatic hydroxyl groups excluding tert-OH is 1. The maximum absolute atomic E-state index is 8.85. The highest BCUT2D eigenvalue weighted by molar-refractivity contribution is 5.25. The molecule has 4 aliphatic carbocycles. The van der Waals surface area contributed by atoms with Crippen molar-refractivity contribution >= 4 is 0 Å². The highest BCUT2D eigenvalue weighted by Gasteiger charge is 2.58. The van der Waals surface area contributed by atoms with Gasteiger partial charge in [-0.05, 0) is 98.2 Å². The summed E-state index contributed by atoms with van der Waals surface area (Å²) in [5.74, 6) is 4.60. The predicted octanol–water partition coefficient (Wildman–Crippen LogP) is 7.18. The molecule has 0 bridgehead atoms. The van der Waals surface area contributed by atoms with Gasteiger partial charge in [0.1, 0.15) is 0 Å². The smallest absolute Gasteiger partial charge is 0.0704 e. The fraction of sp³-hybridized carbons (Fsp3) is 0.933. The van der Waals surface area contributed by atoms with Crippen LogP contribution in [-0.2, 0) is 9.47 Å². The monoisotopic (exact) mass is 460 g/mol. The van der Waals surface area contributed by atoms with Crippen LogP contribution in [0.25, 0.3) is 0 Å². The molecule has 3 saturated carbocycles. The second-order valence-electron chi connectivity index (χ2n) is 12.8. The van der Waals surface area contributed by atoms with E-state index in [-0.39, 0.29) is 6.61 Å². The molecule has 3 fully saturated rings. The van der Waals surface area contributed by atoms with Crippen molar-refractivity contribution in [2.24, 2.45) is 40.4 Å². The number of hydrogen-bond donors (Lipinski definition) is 1. The number of unbranched alkanes of at least 4 members (excludes halogenated alkanes) is 1. The molecule has 0 aromatic rings. The molecule has 190 valence electrons. The zero-order valence-electron chi connectivity index (χ0n) is 22.1. The van der Waals surface area contributed by atoms with Crippen LogP contribution in [0.1, 0.15) is 105 Å². The minimum atomic E-state index is 0.0934. The Kier molecular flexibility index (Phi) is 8.67. The summed E-state index contributed by atoms with van der Waals surface area (Å²) in [4.78, 5) is 0. The summed E-state index contributed by atoms with van der Waals surface area (Å²) < 4.78 is 11.6. The van der Waals surface area contributed by atoms with Crippen LogP contribution in [0.2, 0.25) is 0 Å². The summed E-state index contributed by atoms with van der Waals surface area (Å²) in [6, 6.07) is 0. The van der Waals surface area contributed by atoms with Crippen molar-refractivity contribution in [2.45, 2.75) is 111 Å². The lowest BCUT2D eigenvalue weighted by atomic mass is 9.47. The number of ether oxygens (including phenoxy) is 2. The van der Waals surface area contributed by atoms with Crippen LogP contribution in [0.3, 0.4) is 0 Å². The summed E-state index contributed by atoms with van der Waals surface area (Å²) in [5.41, 5.74) is 2.73. The van der Waals surface area contributed by atoms with Crippen LogP contribution in [0.5, 0.6) is 0 Å². The molecule has 3 nitrogen and oxygen atoms in total. The molecule has 1 N–H and O–H groups in total. The van der Waals surface area contributed by atoms with Crippen LogP contribution in [-0.4, -0.2) is 37.6 Å². The lowest BCUT2D eigenvalue weighted by Crippen LogP contribution is -2.50. The van der Waals surface area contributed by atoms with Crippen molar-refractivity contribution in [2.75, 3.05) is 26.4 Å². The van der Waals surface area contributed by atoms with Gasteiger partial charge < -0.3 is 14.6 Å². The Morgan fingerprint density at radius 1 is 1.00 bits per heavy atom. The molecule has 0 spiro atoms. The Labute approximate surface area is 204 Å². The van der Waals surface area contributed by atoms with Gasteiger partial charge in [-0.3, -0.25) is 0 Å². The molecule has 3 unspecified atom stereocenters. The fourth-order valence-electron chi connectivity index (χ4n) is 8.74. The van der Waals surface area contributed by atoms with E-state index >= 15 is 0 Å². The summed E-state index contributed by atoms with van der Waals surface area (Å²) >= 11 is 0. The number of hydrogen-bond acceptors (Lipinski definition) is 3. The van der Waals surface area contributed by atoms with Gasteiger partial charge in [0.2, 0.25) is 0 Å². The summed E-state index contributed by atoms with van der Waals surface area (Å²) in [5, 5.41) is 8.85. The van der Waals surface area contributed by atoms with Gasteiger partial charge in [0.05, 0.1) is 32.5 Å². The molecule has 0 heterocycles. The zero-order chi connectivity index (χ0) is 23.5. The van der Waals surface area contributed by atoms with E-state index in [0.29, 0.717) is 36.8 Å². The van der Waals surface area contributed by atoms with Crippen molar-refractivity contribution in [3.8, 4) is 0 Å². The summed E-state index contributed by atoms with van der Waals surface area (Å²) in [7, 11) is 0. The van der Waals surface area contributed by atoms with Gasteiger partial charge in [-0.15, -0.1) is 0 Å². The van der Waals surface area contributed by atoms with Crippen LogP contribution in [0, 0.1) is 40.4 Å². The number of aliphatic hydroxyl groups is 1. The van der Waals surface area contributed by atoms with Crippen molar-refractivity contribution < 1.29 is 14.6 Å². The molecule has 3 heteroatoms. The number of allylic oxidation sites excluding steroid dienone is 1. The second-order valence-corrected chi connectivity index (χ2v) is 12.8. The maximum Gasteiger partial charge on any atom is 0.0704 e. The van der Waals surface area contributed by atoms with Crippen molar-refractivity contribution in [3.63, 3.8) is 0 Å². The van der Waals surface area contributed by atoms with Crippen LogP contribution >= 0.6 is 0 Å². The zero-order valence-corrected chi connectivity index (χ0v) is 22.1. The highest BCUT2D eigenvalue weighted by atomic mass is 16.5. The average Bonchev–Trinajstić information content (AvgIpc) is 3.13. The van der Waals surface area contributed by atoms with Crippen LogP contribution in [0.15, 0.2) is 11.6 Å². The Bertz CT molecular complexity index is 657. The van der Waals surface area contributed by atoms with Gasteiger partial charge in [-0.1, -0.05) is 58.6 Å². The lowest BCUT2D eigenvalue weighted by Gasteiger charge is -2.58. The van der Waals surface area contributed by atoms with E-state index in [1.54, 1.807) is 5.57 Å². The van der Waals surface area contributed by atoms with Gasteiger partial charge in [-0.2, -0.15) is 0 Å². The molecular formula is C30H52O3. The molecule has 33 heavy (non-hydrogen) atoms. The third-order valence-electron chi connectivity index (χ3n) is 10.7. The standard InChI is InChI=1S/C30H52O3/c1-22(2)7-5-6-8-23-10-12-27-26-11-9-24-21-25(33-20-19-32-18-17-31)13-15-30(24,4)28(26)14-16-29(23,27)3/h9,22-23,25-28,31H,5-8,10-21H2,1-4H3/t23-,25-,26?,27?,28?,29+,30-/m0/s1. The van der Waals surface area contributed by atoms with Crippen LogP contribution < -0.4 is 0 Å². The minimum absolute atomic E-state index is 0.0934. The Morgan fingerprint density at radius 3 is 2.64 bits per heavy atom. The third kappa shape index (κ3) is 5.41. The molecule has 0 saturated heterocycles. The first kappa shape index (κ1) is 25.7. The van der Waals surface area contributed by atoms with Crippen LogP contribution in [0.4, 0.5) is 0 Å². The minimum Gasteiger partial charge on any atom is -0.394 e. The summed E-state index contributed by atoms with van der Waals surface area (Å²) in [6.07, 6.45) is 19.6. The molecule has 0 aromatic carbocycles. The van der Waals surface area contributed by atoms with E-state index < -0.39 is 0 Å². The molecule has 0 radical (unpaired) electrons. The maximum atomic E-state index is 8.85. The molecule has 7 atom stereocenters. The SMILES string of the molecule is CC(C)CCCC[C@H]1CCC2C3CC=C4C[C@@H](OCCOCCO)CC[C@]4(C)C3CC[C@@]21C. The molecule has 0 amide bonds. The van der Waals surface area contributed by atoms with E-state index in [4.69, 9.17) is 14.6 Å². The fourth-order valence-corrected chi connectivity index (χ4v) is 8.74. The van der Waals surface area contributed by atoms with Crippen molar-refractivity contribution in [1.29, 1.82) is 0 Å². The van der Waals surface area contributed by atoms with E-state index in [1.165, 1.54) is 70.6 Å². The van der Waals surface area contributed by atoms with Crippen molar-refractivity contribution in [3.05, 3.63) is 11.6 Å². The second kappa shape index (κ2) is 11.1. The lowest BCUT2D eigenvalue weighted by molar-refractivity contribution is -0.0641. The van der Waals surface area contributed by atoms with E-state index in [2.05, 4.69) is 33.8 Å². The van der Waals surface area contributed by atoms with Gasteiger partial charge >= 0.3 is 0 Å². The Morgan fingerprint density at radius 2 is 1.85 bits per heavy atom. The quantitative estimate of drug-likeness (QED) is 0.262. The summed E-state index contributed by atoms with van der Waals surface area (Å²) in [6.45, 7) is 11.8. The average molecular weight is 461 g/mol. The molecule has 0 aromatic heterocycles.